The van der Waals surface area contributed by atoms with E-state index in [1.54, 1.807) is 7.05 Å². The van der Waals surface area contributed by atoms with Crippen LogP contribution in [0.4, 0.5) is 18.9 Å². The number of thiocarbonyl (C=S) groups is 1. The minimum atomic E-state index is -4.67. The summed E-state index contributed by atoms with van der Waals surface area (Å²) in [5, 5.41) is 5.82. The summed E-state index contributed by atoms with van der Waals surface area (Å²) in [6.45, 7) is 6.33. The topological polar surface area (TPSA) is 110 Å². The van der Waals surface area contributed by atoms with E-state index < -0.39 is 6.36 Å². The Morgan fingerprint density at radius 3 is 2.47 bits per heavy atom. The van der Waals surface area contributed by atoms with Crippen LogP contribution in [0, 0.1) is 5.92 Å². The molecule has 1 fully saturated rings. The second-order valence-corrected chi connectivity index (χ2v) is 7.19. The molecule has 1 aromatic carbocycles. The molecule has 0 aliphatic carbocycles. The maximum absolute atomic E-state index is 11.8. The number of aliphatic imine (C=N–C) groups is 1. The zero-order chi connectivity index (χ0) is 24.1. The van der Waals surface area contributed by atoms with E-state index in [0.29, 0.717) is 28.3 Å². The van der Waals surface area contributed by atoms with Gasteiger partial charge in [0.25, 0.3) is 0 Å². The maximum Gasteiger partial charge on any atom is 0.573 e. The van der Waals surface area contributed by atoms with Gasteiger partial charge >= 0.3 is 6.36 Å². The molecule has 0 aromatic heterocycles. The number of halogens is 3. The lowest BCUT2D eigenvalue weighted by molar-refractivity contribution is -0.274. The normalized spacial score (nSPS) is 17.2. The van der Waals surface area contributed by atoms with Crippen molar-refractivity contribution in [3.8, 4) is 5.75 Å². The molecule has 0 saturated carbocycles. The summed E-state index contributed by atoms with van der Waals surface area (Å²) in [5.41, 5.74) is 11.7. The molecule has 1 aliphatic heterocycles. The van der Waals surface area contributed by atoms with Crippen LogP contribution in [-0.4, -0.2) is 62.5 Å². The third kappa shape index (κ3) is 10.5. The molecule has 1 aliphatic rings. The van der Waals surface area contributed by atoms with Crippen LogP contribution in [0.25, 0.3) is 0 Å². The van der Waals surface area contributed by atoms with Gasteiger partial charge in [0.2, 0.25) is 0 Å². The number of amidine groups is 1. The van der Waals surface area contributed by atoms with Gasteiger partial charge in [0, 0.05) is 32.0 Å². The second kappa shape index (κ2) is 13.6. The van der Waals surface area contributed by atoms with Gasteiger partial charge in [-0.25, -0.2) is 0 Å². The molecule has 1 atom stereocenters. The summed E-state index contributed by atoms with van der Waals surface area (Å²) in [6, 6.07) is 5.28. The van der Waals surface area contributed by atoms with Crippen molar-refractivity contribution in [3.05, 3.63) is 36.2 Å². The molecular weight excluding hydrogens is 445 g/mol. The average Bonchev–Trinajstić information content (AvgIpc) is 3.22. The Balaban J connectivity index is 0.000000320. The van der Waals surface area contributed by atoms with Crippen LogP contribution in [0.3, 0.4) is 0 Å². The number of rotatable bonds is 7. The number of likely N-dealkylation sites (tertiary alicyclic amines) is 1. The number of hydrogen-bond acceptors (Lipinski definition) is 6. The van der Waals surface area contributed by atoms with E-state index in [2.05, 4.69) is 32.2 Å². The lowest BCUT2D eigenvalue weighted by Gasteiger charge is -2.12. The van der Waals surface area contributed by atoms with Gasteiger partial charge in [-0.05, 0) is 61.9 Å². The fourth-order valence-corrected chi connectivity index (χ4v) is 2.96. The summed E-state index contributed by atoms with van der Waals surface area (Å²) < 4.78 is 44.2. The highest BCUT2D eigenvalue weighted by Gasteiger charge is 2.30. The van der Waals surface area contributed by atoms with Gasteiger partial charge < -0.3 is 36.5 Å². The van der Waals surface area contributed by atoms with E-state index >= 15 is 0 Å². The third-order valence-corrected chi connectivity index (χ3v) is 4.84. The fraction of sp³-hybridized carbons (Fsp3) is 0.500. The van der Waals surface area contributed by atoms with Crippen molar-refractivity contribution in [1.82, 2.24) is 10.2 Å². The number of nitrogens with one attached hydrogen (secondary N) is 2. The number of anilines is 1. The van der Waals surface area contributed by atoms with Gasteiger partial charge in [-0.2, -0.15) is 0 Å². The SMILES string of the molecule is CCN1CCC(CN=C(N)/C(=C\N)OC)C1.CNC(=S)Nc1ccc(OC(F)(F)F)cc1. The number of hydrogen-bond donors (Lipinski definition) is 4. The Kier molecular flexibility index (Phi) is 11.6. The highest BCUT2D eigenvalue weighted by molar-refractivity contribution is 7.80. The van der Waals surface area contributed by atoms with Crippen molar-refractivity contribution in [2.45, 2.75) is 19.7 Å². The Morgan fingerprint density at radius 2 is 2.00 bits per heavy atom. The highest BCUT2D eigenvalue weighted by Crippen LogP contribution is 2.23. The Morgan fingerprint density at radius 1 is 1.34 bits per heavy atom. The van der Waals surface area contributed by atoms with Crippen molar-refractivity contribution in [2.24, 2.45) is 22.4 Å². The van der Waals surface area contributed by atoms with E-state index in [4.69, 9.17) is 28.4 Å². The third-order valence-electron chi connectivity index (χ3n) is 4.53. The number of benzene rings is 1. The van der Waals surface area contributed by atoms with Crippen LogP contribution in [0.15, 0.2) is 41.2 Å². The van der Waals surface area contributed by atoms with Crippen molar-refractivity contribution in [1.29, 1.82) is 0 Å². The van der Waals surface area contributed by atoms with Gasteiger partial charge in [-0.1, -0.05) is 6.92 Å². The van der Waals surface area contributed by atoms with Crippen molar-refractivity contribution in [3.63, 3.8) is 0 Å². The van der Waals surface area contributed by atoms with Crippen LogP contribution < -0.4 is 26.8 Å². The monoisotopic (exact) mass is 476 g/mol. The predicted octanol–water partition coefficient (Wildman–Crippen LogP) is 2.63. The molecule has 0 radical (unpaired) electrons. The molecule has 2 rings (SSSR count). The van der Waals surface area contributed by atoms with Crippen LogP contribution in [0.2, 0.25) is 0 Å². The first-order valence-corrected chi connectivity index (χ1v) is 10.4. The van der Waals surface area contributed by atoms with E-state index in [1.807, 2.05) is 0 Å². The summed E-state index contributed by atoms with van der Waals surface area (Å²) in [5.74, 6) is 1.17. The molecule has 6 N–H and O–H groups in total. The molecule has 0 spiro atoms. The number of methoxy groups -OCH3 is 1. The number of alkyl halides is 3. The van der Waals surface area contributed by atoms with Crippen LogP contribution >= 0.6 is 12.2 Å². The molecule has 12 heteroatoms. The minimum Gasteiger partial charge on any atom is -0.491 e. The molecule has 0 bridgehead atoms. The maximum atomic E-state index is 11.8. The molecule has 1 aromatic rings. The summed E-state index contributed by atoms with van der Waals surface area (Å²) >= 11 is 4.82. The van der Waals surface area contributed by atoms with Gasteiger partial charge in [0.15, 0.2) is 16.7 Å². The summed E-state index contributed by atoms with van der Waals surface area (Å²) in [6.07, 6.45) is -2.14. The summed E-state index contributed by atoms with van der Waals surface area (Å²) in [4.78, 5) is 6.73. The van der Waals surface area contributed by atoms with Crippen molar-refractivity contribution >= 4 is 28.9 Å². The minimum absolute atomic E-state index is 0.270. The van der Waals surface area contributed by atoms with Gasteiger partial charge in [0.1, 0.15) is 5.75 Å². The standard InChI is InChI=1S/C11H22N4O.C9H9F3N2OS/c1-3-15-5-4-9(8-15)7-14-11(13)10(6-12)16-2;1-13-8(16)14-6-2-4-7(5-3-6)15-9(10,11)12/h6,9H,3-5,7-8,12H2,1-2H3,(H2,13,14);2-5H,1H3,(H2,13,14,16)/b10-6+;. The first-order valence-electron chi connectivity index (χ1n) is 9.94. The molecule has 0 amide bonds. The molecule has 8 nitrogen and oxygen atoms in total. The fourth-order valence-electron chi connectivity index (χ4n) is 2.85. The number of nitrogens with zero attached hydrogens (tertiary/aromatic N) is 2. The van der Waals surface area contributed by atoms with E-state index in [1.165, 1.54) is 50.5 Å². The van der Waals surface area contributed by atoms with Gasteiger partial charge in [-0.3, -0.25) is 4.99 Å². The Hall–Kier alpha value is -2.73. The van der Waals surface area contributed by atoms with E-state index in [9.17, 15) is 13.2 Å². The van der Waals surface area contributed by atoms with Crippen molar-refractivity contribution < 1.29 is 22.6 Å². The van der Waals surface area contributed by atoms with E-state index in [0.717, 1.165) is 19.6 Å². The lowest BCUT2D eigenvalue weighted by Crippen LogP contribution is -2.24. The van der Waals surface area contributed by atoms with E-state index in [-0.39, 0.29) is 5.75 Å². The quantitative estimate of drug-likeness (QED) is 0.206. The highest BCUT2D eigenvalue weighted by atomic mass is 32.1. The first-order chi connectivity index (χ1) is 15.1. The summed E-state index contributed by atoms with van der Waals surface area (Å²) in [7, 11) is 3.17. The number of ether oxygens (including phenoxy) is 2. The molecule has 1 unspecified atom stereocenters. The van der Waals surface area contributed by atoms with Gasteiger partial charge in [0.05, 0.1) is 7.11 Å². The average molecular weight is 477 g/mol. The zero-order valence-electron chi connectivity index (χ0n) is 18.4. The molecule has 1 heterocycles. The van der Waals surface area contributed by atoms with Crippen LogP contribution in [0.5, 0.6) is 5.75 Å². The lowest BCUT2D eigenvalue weighted by atomic mass is 10.1. The van der Waals surface area contributed by atoms with Crippen LogP contribution in [0.1, 0.15) is 13.3 Å². The number of nitrogens with two attached hydrogens (primary N) is 2. The second-order valence-electron chi connectivity index (χ2n) is 6.79. The smallest absolute Gasteiger partial charge is 0.491 e. The zero-order valence-corrected chi connectivity index (χ0v) is 19.2. The molecule has 180 valence electrons. The first kappa shape index (κ1) is 27.3. The largest absolute Gasteiger partial charge is 0.573 e. The molecule has 1 saturated heterocycles. The van der Waals surface area contributed by atoms with Crippen molar-refractivity contribution in [2.75, 3.05) is 45.7 Å². The van der Waals surface area contributed by atoms with Gasteiger partial charge in [-0.15, -0.1) is 13.2 Å². The Bertz CT molecular complexity index is 772. The Labute approximate surface area is 191 Å². The van der Waals surface area contributed by atoms with Crippen LogP contribution in [-0.2, 0) is 4.74 Å². The molecule has 32 heavy (non-hydrogen) atoms. The molecular formula is C20H31F3N6O2S. The predicted molar refractivity (Wildman–Crippen MR) is 124 cm³/mol.